The average molecular weight is 664 g/mol. The summed E-state index contributed by atoms with van der Waals surface area (Å²) >= 11 is 0. The third-order valence-electron chi connectivity index (χ3n) is 9.53. The molecule has 0 bridgehead atoms. The van der Waals surface area contributed by atoms with Crippen molar-refractivity contribution in [2.45, 2.75) is 231 Å². The SMILES string of the molecule is CCCCCCCCCCC/C=C\CCCCCCCC(=O)NC(CO)C(O)C(O)CCC/C=C/CCCCCCCCCCCC. The Kier molecular flexibility index (Phi) is 36.7. The number of aliphatic hydroxyl groups excluding tert-OH is 3. The molecule has 0 saturated carbocycles. The average Bonchev–Trinajstić information content (AvgIpc) is 3.07. The van der Waals surface area contributed by atoms with Gasteiger partial charge in [-0.15, -0.1) is 0 Å². The molecule has 0 saturated heterocycles. The summed E-state index contributed by atoms with van der Waals surface area (Å²) in [5.74, 6) is -0.162. The van der Waals surface area contributed by atoms with Crippen molar-refractivity contribution in [1.82, 2.24) is 5.32 Å². The fourth-order valence-electron chi connectivity index (χ4n) is 6.27. The van der Waals surface area contributed by atoms with E-state index in [2.05, 4.69) is 43.5 Å². The first kappa shape index (κ1) is 45.8. The number of rotatable bonds is 37. The molecule has 0 aliphatic carbocycles. The van der Waals surface area contributed by atoms with E-state index in [-0.39, 0.29) is 12.5 Å². The Labute approximate surface area is 292 Å². The first-order chi connectivity index (χ1) is 23.1. The van der Waals surface area contributed by atoms with Crippen LogP contribution in [0.15, 0.2) is 24.3 Å². The molecule has 0 fully saturated rings. The van der Waals surface area contributed by atoms with Crippen molar-refractivity contribution in [3.05, 3.63) is 24.3 Å². The maximum absolute atomic E-state index is 12.4. The molecule has 3 atom stereocenters. The van der Waals surface area contributed by atoms with Crippen molar-refractivity contribution >= 4 is 5.91 Å². The minimum absolute atomic E-state index is 0.162. The minimum atomic E-state index is -1.16. The first-order valence-corrected chi connectivity index (χ1v) is 20.6. The van der Waals surface area contributed by atoms with Crippen LogP contribution >= 0.6 is 0 Å². The molecule has 0 aromatic rings. The number of hydrogen-bond acceptors (Lipinski definition) is 4. The van der Waals surface area contributed by atoms with E-state index in [1.807, 2.05) is 0 Å². The molecule has 0 heterocycles. The summed E-state index contributed by atoms with van der Waals surface area (Å²) in [6, 6.07) is -0.827. The maximum Gasteiger partial charge on any atom is 0.220 e. The van der Waals surface area contributed by atoms with Gasteiger partial charge in [0.1, 0.15) is 6.10 Å². The lowest BCUT2D eigenvalue weighted by Gasteiger charge is -2.26. The monoisotopic (exact) mass is 664 g/mol. The van der Waals surface area contributed by atoms with E-state index in [4.69, 9.17) is 0 Å². The molecular formula is C42H81NO4. The summed E-state index contributed by atoms with van der Waals surface area (Å²) in [5, 5.41) is 33.4. The quantitative estimate of drug-likeness (QED) is 0.0393. The Morgan fingerprint density at radius 1 is 0.511 bits per heavy atom. The van der Waals surface area contributed by atoms with Crippen LogP contribution in [-0.2, 0) is 4.79 Å². The van der Waals surface area contributed by atoms with Crippen LogP contribution in [0.25, 0.3) is 0 Å². The fourth-order valence-corrected chi connectivity index (χ4v) is 6.27. The van der Waals surface area contributed by atoms with Crippen LogP contribution in [0, 0.1) is 0 Å². The molecule has 1 amide bonds. The minimum Gasteiger partial charge on any atom is -0.394 e. The normalized spacial score (nSPS) is 13.9. The molecule has 0 radical (unpaired) electrons. The summed E-state index contributed by atoms with van der Waals surface area (Å²) < 4.78 is 0. The Bertz CT molecular complexity index is 694. The highest BCUT2D eigenvalue weighted by Crippen LogP contribution is 2.14. The lowest BCUT2D eigenvalue weighted by molar-refractivity contribution is -0.124. The Morgan fingerprint density at radius 3 is 1.23 bits per heavy atom. The van der Waals surface area contributed by atoms with Crippen molar-refractivity contribution in [1.29, 1.82) is 0 Å². The second-order valence-electron chi connectivity index (χ2n) is 14.2. The summed E-state index contributed by atoms with van der Waals surface area (Å²) in [6.45, 7) is 4.16. The van der Waals surface area contributed by atoms with Crippen LogP contribution in [0.3, 0.4) is 0 Å². The molecule has 0 aromatic heterocycles. The van der Waals surface area contributed by atoms with Crippen LogP contribution in [-0.4, -0.2) is 46.1 Å². The van der Waals surface area contributed by atoms with Gasteiger partial charge in [-0.3, -0.25) is 4.79 Å². The van der Waals surface area contributed by atoms with E-state index in [0.29, 0.717) is 12.8 Å². The second kappa shape index (κ2) is 37.6. The van der Waals surface area contributed by atoms with Gasteiger partial charge < -0.3 is 20.6 Å². The molecule has 5 heteroatoms. The van der Waals surface area contributed by atoms with E-state index < -0.39 is 18.2 Å². The van der Waals surface area contributed by atoms with Crippen molar-refractivity contribution in [2.75, 3.05) is 6.61 Å². The molecule has 0 rings (SSSR count). The Morgan fingerprint density at radius 2 is 0.851 bits per heavy atom. The highest BCUT2D eigenvalue weighted by atomic mass is 16.3. The van der Waals surface area contributed by atoms with Crippen LogP contribution < -0.4 is 5.32 Å². The summed E-state index contributed by atoms with van der Waals surface area (Å²) in [5.41, 5.74) is 0. The van der Waals surface area contributed by atoms with Crippen LogP contribution in [0.2, 0.25) is 0 Å². The molecule has 47 heavy (non-hydrogen) atoms. The van der Waals surface area contributed by atoms with Gasteiger partial charge in [0, 0.05) is 6.42 Å². The third-order valence-corrected chi connectivity index (χ3v) is 9.53. The molecule has 0 spiro atoms. The highest BCUT2D eigenvalue weighted by Gasteiger charge is 2.26. The van der Waals surface area contributed by atoms with E-state index in [9.17, 15) is 20.1 Å². The van der Waals surface area contributed by atoms with E-state index in [1.165, 1.54) is 141 Å². The van der Waals surface area contributed by atoms with Gasteiger partial charge >= 0.3 is 0 Å². The number of amides is 1. The standard InChI is InChI=1S/C42H81NO4/c1-3-5-7-9-11-13-15-17-19-20-21-23-25-27-29-31-33-35-37-41(46)43-39(38-44)42(47)40(45)36-34-32-30-28-26-24-22-18-16-14-12-10-8-6-4-2/h21,23,28,30,39-40,42,44-45,47H,3-20,22,24-27,29,31-38H2,1-2H3,(H,43,46)/b23-21-,30-28+. The van der Waals surface area contributed by atoms with E-state index in [0.717, 1.165) is 44.9 Å². The van der Waals surface area contributed by atoms with Gasteiger partial charge in [-0.25, -0.2) is 0 Å². The third kappa shape index (κ3) is 33.1. The number of hydrogen-bond donors (Lipinski definition) is 4. The van der Waals surface area contributed by atoms with Gasteiger partial charge in [0.25, 0.3) is 0 Å². The van der Waals surface area contributed by atoms with Gasteiger partial charge in [-0.05, 0) is 64.2 Å². The van der Waals surface area contributed by atoms with Gasteiger partial charge in [0.15, 0.2) is 0 Å². The zero-order valence-corrected chi connectivity index (χ0v) is 31.4. The molecule has 5 nitrogen and oxygen atoms in total. The van der Waals surface area contributed by atoms with Gasteiger partial charge in [0.05, 0.1) is 18.8 Å². The Balaban J connectivity index is 3.70. The molecule has 0 aliphatic rings. The van der Waals surface area contributed by atoms with E-state index in [1.54, 1.807) is 0 Å². The van der Waals surface area contributed by atoms with Crippen molar-refractivity contribution in [3.63, 3.8) is 0 Å². The molecule has 0 aromatic carbocycles. The molecule has 278 valence electrons. The number of carbonyl (C=O) groups excluding carboxylic acids is 1. The summed E-state index contributed by atoms with van der Waals surface area (Å²) in [7, 11) is 0. The number of allylic oxidation sites excluding steroid dienone is 4. The van der Waals surface area contributed by atoms with Gasteiger partial charge in [-0.1, -0.05) is 167 Å². The lowest BCUT2D eigenvalue weighted by atomic mass is 10.0. The predicted octanol–water partition coefficient (Wildman–Crippen LogP) is 11.4. The summed E-state index contributed by atoms with van der Waals surface area (Å²) in [6.07, 6.45) is 44.2. The van der Waals surface area contributed by atoms with Gasteiger partial charge in [0.2, 0.25) is 5.91 Å². The van der Waals surface area contributed by atoms with Crippen LogP contribution in [0.5, 0.6) is 0 Å². The zero-order valence-electron chi connectivity index (χ0n) is 31.4. The molecule has 3 unspecified atom stereocenters. The second-order valence-corrected chi connectivity index (χ2v) is 14.2. The fraction of sp³-hybridized carbons (Fsp3) is 0.881. The number of unbranched alkanes of at least 4 members (excludes halogenated alkanes) is 25. The molecular weight excluding hydrogens is 582 g/mol. The number of aliphatic hydroxyl groups is 3. The number of nitrogens with one attached hydrogen (secondary N) is 1. The predicted molar refractivity (Wildman–Crippen MR) is 204 cm³/mol. The molecule has 4 N–H and O–H groups in total. The first-order valence-electron chi connectivity index (χ1n) is 20.6. The van der Waals surface area contributed by atoms with Crippen LogP contribution in [0.4, 0.5) is 0 Å². The molecule has 0 aliphatic heterocycles. The lowest BCUT2D eigenvalue weighted by Crippen LogP contribution is -2.50. The smallest absolute Gasteiger partial charge is 0.220 e. The Hall–Kier alpha value is -1.17. The summed E-state index contributed by atoms with van der Waals surface area (Å²) in [4.78, 5) is 12.4. The van der Waals surface area contributed by atoms with Crippen LogP contribution in [0.1, 0.15) is 213 Å². The largest absolute Gasteiger partial charge is 0.394 e. The van der Waals surface area contributed by atoms with Crippen molar-refractivity contribution in [3.8, 4) is 0 Å². The van der Waals surface area contributed by atoms with Gasteiger partial charge in [-0.2, -0.15) is 0 Å². The maximum atomic E-state index is 12.4. The zero-order chi connectivity index (χ0) is 34.5. The van der Waals surface area contributed by atoms with Crippen molar-refractivity contribution in [2.24, 2.45) is 0 Å². The van der Waals surface area contributed by atoms with E-state index >= 15 is 0 Å². The topological polar surface area (TPSA) is 89.8 Å². The number of carbonyl (C=O) groups is 1. The van der Waals surface area contributed by atoms with Crippen molar-refractivity contribution < 1.29 is 20.1 Å². The highest BCUT2D eigenvalue weighted by molar-refractivity contribution is 5.76.